The van der Waals surface area contributed by atoms with Crippen LogP contribution in [0.1, 0.15) is 25.0 Å². The second kappa shape index (κ2) is 7.83. The van der Waals surface area contributed by atoms with Crippen molar-refractivity contribution >= 4 is 17.8 Å². The van der Waals surface area contributed by atoms with Crippen molar-refractivity contribution in [2.45, 2.75) is 33.7 Å². The van der Waals surface area contributed by atoms with Gasteiger partial charge in [0.25, 0.3) is 0 Å². The molecule has 1 heterocycles. The summed E-state index contributed by atoms with van der Waals surface area (Å²) in [5, 5.41) is 12.3. The van der Waals surface area contributed by atoms with E-state index >= 15 is 0 Å². The summed E-state index contributed by atoms with van der Waals surface area (Å²) in [6.45, 7) is 7.74. The van der Waals surface area contributed by atoms with E-state index in [9.17, 15) is 9.59 Å². The maximum atomic E-state index is 12.4. The fourth-order valence-electron chi connectivity index (χ4n) is 2.59. The number of hydrogen-bond acceptors (Lipinski definition) is 4. The molecule has 25 heavy (non-hydrogen) atoms. The number of carbonyl (C=O) groups excluding carboxylic acids is 2. The van der Waals surface area contributed by atoms with Crippen LogP contribution in [-0.4, -0.2) is 35.3 Å². The largest absolute Gasteiger partial charge is 0.453 e. The molecule has 7 nitrogen and oxygen atoms in total. The predicted octanol–water partition coefficient (Wildman–Crippen LogP) is 3.01. The lowest BCUT2D eigenvalue weighted by molar-refractivity contribution is -0.119. The van der Waals surface area contributed by atoms with Crippen molar-refractivity contribution in [2.24, 2.45) is 5.92 Å². The van der Waals surface area contributed by atoms with E-state index in [-0.39, 0.29) is 11.8 Å². The number of anilines is 1. The number of hydrogen-bond donors (Lipinski definition) is 3. The molecule has 1 aromatic heterocycles. The monoisotopic (exact) mass is 344 g/mol. The minimum Gasteiger partial charge on any atom is -0.453 e. The summed E-state index contributed by atoms with van der Waals surface area (Å²) in [6, 6.07) is 7.23. The first-order valence-corrected chi connectivity index (χ1v) is 8.09. The smallest absolute Gasteiger partial charge is 0.407 e. The molecule has 0 aliphatic rings. The number of nitrogens with one attached hydrogen (secondary N) is 3. The molecule has 1 aromatic carbocycles. The SMILES string of the molecule is COC(=O)N[C@H](C(=O)Nc1cc(-c2cc(C)cc(C)c2)[nH]n1)C(C)C. The van der Waals surface area contributed by atoms with Gasteiger partial charge in [-0.15, -0.1) is 0 Å². The molecule has 7 heteroatoms. The summed E-state index contributed by atoms with van der Waals surface area (Å²) < 4.78 is 4.56. The van der Waals surface area contributed by atoms with E-state index in [0.717, 1.165) is 22.4 Å². The third-order valence-corrected chi connectivity index (χ3v) is 3.77. The number of aryl methyl sites for hydroxylation is 2. The number of H-pyrrole nitrogens is 1. The van der Waals surface area contributed by atoms with Crippen molar-refractivity contribution in [3.05, 3.63) is 35.4 Å². The Kier molecular flexibility index (Phi) is 5.80. The molecule has 2 aromatic rings. The van der Waals surface area contributed by atoms with Gasteiger partial charge in [0.2, 0.25) is 5.91 Å². The molecule has 0 radical (unpaired) electrons. The van der Waals surface area contributed by atoms with E-state index in [1.165, 1.54) is 7.11 Å². The highest BCUT2D eigenvalue weighted by Crippen LogP contribution is 2.22. The molecule has 1 atom stereocenters. The highest BCUT2D eigenvalue weighted by Gasteiger charge is 2.25. The van der Waals surface area contributed by atoms with Crippen LogP contribution >= 0.6 is 0 Å². The second-order valence-corrected chi connectivity index (χ2v) is 6.39. The number of rotatable bonds is 5. The zero-order chi connectivity index (χ0) is 18.6. The minimum absolute atomic E-state index is 0.100. The number of benzene rings is 1. The lowest BCUT2D eigenvalue weighted by atomic mass is 10.0. The number of amides is 2. The van der Waals surface area contributed by atoms with Crippen molar-refractivity contribution in [2.75, 3.05) is 12.4 Å². The number of aromatic amines is 1. The van der Waals surface area contributed by atoms with Crippen LogP contribution in [0, 0.1) is 19.8 Å². The average molecular weight is 344 g/mol. The van der Waals surface area contributed by atoms with Gasteiger partial charge in [-0.25, -0.2) is 4.79 Å². The molecule has 2 rings (SSSR count). The molecule has 0 bridgehead atoms. The van der Waals surface area contributed by atoms with Crippen LogP contribution in [0.4, 0.5) is 10.6 Å². The van der Waals surface area contributed by atoms with Gasteiger partial charge in [-0.2, -0.15) is 5.10 Å². The van der Waals surface area contributed by atoms with Gasteiger partial charge < -0.3 is 15.4 Å². The Morgan fingerprint density at radius 3 is 2.32 bits per heavy atom. The van der Waals surface area contributed by atoms with E-state index < -0.39 is 12.1 Å². The summed E-state index contributed by atoms with van der Waals surface area (Å²) in [5.74, 6) is -0.0488. The zero-order valence-corrected chi connectivity index (χ0v) is 15.1. The van der Waals surface area contributed by atoms with Gasteiger partial charge in [0.05, 0.1) is 12.8 Å². The van der Waals surface area contributed by atoms with Crippen molar-refractivity contribution in [3.63, 3.8) is 0 Å². The number of methoxy groups -OCH3 is 1. The van der Waals surface area contributed by atoms with Gasteiger partial charge in [0, 0.05) is 11.6 Å². The topological polar surface area (TPSA) is 96.1 Å². The fourth-order valence-corrected chi connectivity index (χ4v) is 2.59. The van der Waals surface area contributed by atoms with E-state index in [0.29, 0.717) is 5.82 Å². The highest BCUT2D eigenvalue weighted by molar-refractivity contribution is 5.96. The molecule has 0 unspecified atom stereocenters. The Morgan fingerprint density at radius 2 is 1.76 bits per heavy atom. The number of carbonyl (C=O) groups is 2. The fraction of sp³-hybridized carbons (Fsp3) is 0.389. The number of nitrogens with zero attached hydrogens (tertiary/aromatic N) is 1. The Hall–Kier alpha value is -2.83. The first kappa shape index (κ1) is 18.5. The third kappa shape index (κ3) is 4.82. The third-order valence-electron chi connectivity index (χ3n) is 3.77. The first-order chi connectivity index (χ1) is 11.8. The van der Waals surface area contributed by atoms with Gasteiger partial charge in [-0.1, -0.05) is 31.0 Å². The van der Waals surface area contributed by atoms with Gasteiger partial charge in [-0.3, -0.25) is 9.89 Å². The van der Waals surface area contributed by atoms with E-state index in [2.05, 4.69) is 31.6 Å². The summed E-state index contributed by atoms with van der Waals surface area (Å²) >= 11 is 0. The first-order valence-electron chi connectivity index (χ1n) is 8.09. The lowest BCUT2D eigenvalue weighted by Gasteiger charge is -2.20. The minimum atomic E-state index is -0.714. The summed E-state index contributed by atoms with van der Waals surface area (Å²) in [7, 11) is 1.26. The Labute approximate surface area is 147 Å². The van der Waals surface area contributed by atoms with Gasteiger partial charge in [-0.05, 0) is 31.9 Å². The molecule has 0 spiro atoms. The van der Waals surface area contributed by atoms with Crippen LogP contribution in [-0.2, 0) is 9.53 Å². The van der Waals surface area contributed by atoms with Crippen LogP contribution in [0.15, 0.2) is 24.3 Å². The summed E-state index contributed by atoms with van der Waals surface area (Å²) in [5.41, 5.74) is 4.11. The normalized spacial score (nSPS) is 11.9. The molecule has 0 aliphatic carbocycles. The molecule has 0 saturated heterocycles. The summed E-state index contributed by atoms with van der Waals surface area (Å²) in [4.78, 5) is 23.8. The van der Waals surface area contributed by atoms with Crippen LogP contribution in [0.3, 0.4) is 0 Å². The van der Waals surface area contributed by atoms with Gasteiger partial charge >= 0.3 is 6.09 Å². The van der Waals surface area contributed by atoms with Crippen LogP contribution in [0.2, 0.25) is 0 Å². The predicted molar refractivity (Wildman–Crippen MR) is 96.3 cm³/mol. The molecule has 0 aliphatic heterocycles. The van der Waals surface area contributed by atoms with E-state index in [1.807, 2.05) is 39.8 Å². The Bertz CT molecular complexity index is 747. The van der Waals surface area contributed by atoms with Gasteiger partial charge in [0.15, 0.2) is 5.82 Å². The summed E-state index contributed by atoms with van der Waals surface area (Å²) in [6.07, 6.45) is -0.646. The maximum Gasteiger partial charge on any atom is 0.407 e. The molecule has 134 valence electrons. The van der Waals surface area contributed by atoms with Crippen LogP contribution < -0.4 is 10.6 Å². The number of alkyl carbamates (subject to hydrolysis) is 1. The standard InChI is InChI=1S/C18H24N4O3/c1-10(2)16(20-18(24)25-5)17(23)19-15-9-14(21-22-15)13-7-11(3)6-12(4)8-13/h6-10,16H,1-5H3,(H,20,24)(H2,19,21,22,23)/t16-/m0/s1. The highest BCUT2D eigenvalue weighted by atomic mass is 16.5. The Balaban J connectivity index is 2.13. The van der Waals surface area contributed by atoms with Crippen molar-refractivity contribution in [3.8, 4) is 11.3 Å². The molecule has 2 amide bonds. The van der Waals surface area contributed by atoms with Gasteiger partial charge in [0.1, 0.15) is 6.04 Å². The average Bonchev–Trinajstić information content (AvgIpc) is 2.99. The molecular weight excluding hydrogens is 320 g/mol. The van der Waals surface area contributed by atoms with E-state index in [1.54, 1.807) is 6.07 Å². The molecular formula is C18H24N4O3. The lowest BCUT2D eigenvalue weighted by Crippen LogP contribution is -2.47. The number of aromatic nitrogens is 2. The molecule has 0 fully saturated rings. The number of ether oxygens (including phenoxy) is 1. The zero-order valence-electron chi connectivity index (χ0n) is 15.1. The van der Waals surface area contributed by atoms with Crippen molar-refractivity contribution in [1.29, 1.82) is 0 Å². The van der Waals surface area contributed by atoms with E-state index in [4.69, 9.17) is 0 Å². The maximum absolute atomic E-state index is 12.4. The van der Waals surface area contributed by atoms with Crippen LogP contribution in [0.5, 0.6) is 0 Å². The van der Waals surface area contributed by atoms with Crippen molar-refractivity contribution < 1.29 is 14.3 Å². The van der Waals surface area contributed by atoms with Crippen LogP contribution in [0.25, 0.3) is 11.3 Å². The Morgan fingerprint density at radius 1 is 1.12 bits per heavy atom. The second-order valence-electron chi connectivity index (χ2n) is 6.39. The molecule has 3 N–H and O–H groups in total. The quantitative estimate of drug-likeness (QED) is 0.777. The van der Waals surface area contributed by atoms with Crippen molar-refractivity contribution in [1.82, 2.24) is 15.5 Å². The molecule has 0 saturated carbocycles.